The maximum atomic E-state index is 10.5. The van der Waals surface area contributed by atoms with Gasteiger partial charge in [-0.1, -0.05) is 0 Å². The first-order chi connectivity index (χ1) is 3.13. The molecule has 1 saturated heterocycles. The van der Waals surface area contributed by atoms with Gasteiger partial charge in [-0.2, -0.15) is 0 Å². The van der Waals surface area contributed by atoms with Crippen LogP contribution in [0.3, 0.4) is 0 Å². The van der Waals surface area contributed by atoms with Crippen molar-refractivity contribution in [1.29, 1.82) is 0 Å². The van der Waals surface area contributed by atoms with E-state index in [4.69, 9.17) is 0 Å². The van der Waals surface area contributed by atoms with E-state index in [2.05, 4.69) is 0 Å². The third-order valence-electron chi connectivity index (χ3n) is 1.60. The van der Waals surface area contributed by atoms with Crippen LogP contribution in [0.1, 0.15) is 20.3 Å². The lowest BCUT2D eigenvalue weighted by atomic mass is 9.92. The SMILES string of the molecule is CC1(C)CCN1[O-]. The van der Waals surface area contributed by atoms with E-state index in [9.17, 15) is 5.21 Å². The van der Waals surface area contributed by atoms with Crippen molar-refractivity contribution in [2.75, 3.05) is 6.54 Å². The van der Waals surface area contributed by atoms with Crippen LogP contribution in [-0.4, -0.2) is 17.1 Å². The van der Waals surface area contributed by atoms with E-state index in [-0.39, 0.29) is 5.54 Å². The number of hydrogen-bond acceptors (Lipinski definition) is 2. The lowest BCUT2D eigenvalue weighted by Crippen LogP contribution is -2.51. The van der Waals surface area contributed by atoms with E-state index >= 15 is 0 Å². The Hall–Kier alpha value is -0.0800. The predicted molar refractivity (Wildman–Crippen MR) is 28.8 cm³/mol. The van der Waals surface area contributed by atoms with Crippen LogP contribution in [0.25, 0.3) is 0 Å². The Morgan fingerprint density at radius 1 is 1.57 bits per heavy atom. The maximum Gasteiger partial charge on any atom is 0.00449 e. The Morgan fingerprint density at radius 2 is 2.00 bits per heavy atom. The van der Waals surface area contributed by atoms with Gasteiger partial charge in [-0.05, 0) is 26.8 Å². The van der Waals surface area contributed by atoms with Crippen LogP contribution in [0.2, 0.25) is 0 Å². The van der Waals surface area contributed by atoms with Crippen molar-refractivity contribution in [2.45, 2.75) is 25.8 Å². The summed E-state index contributed by atoms with van der Waals surface area (Å²) in [4.78, 5) is 0. The summed E-state index contributed by atoms with van der Waals surface area (Å²) in [5.74, 6) is 0. The average molecular weight is 100 g/mol. The zero-order chi connectivity index (χ0) is 5.49. The van der Waals surface area contributed by atoms with Crippen LogP contribution in [0, 0.1) is 5.21 Å². The second kappa shape index (κ2) is 1.20. The fourth-order valence-corrected chi connectivity index (χ4v) is 0.650. The largest absolute Gasteiger partial charge is 0.785 e. The van der Waals surface area contributed by atoms with Gasteiger partial charge in [-0.25, -0.2) is 0 Å². The van der Waals surface area contributed by atoms with Gasteiger partial charge in [0.1, 0.15) is 0 Å². The van der Waals surface area contributed by atoms with Crippen molar-refractivity contribution < 1.29 is 0 Å². The number of nitrogens with zero attached hydrogens (tertiary/aromatic N) is 1. The zero-order valence-electron chi connectivity index (χ0n) is 4.77. The monoisotopic (exact) mass is 100 g/mol. The van der Waals surface area contributed by atoms with Crippen molar-refractivity contribution >= 4 is 0 Å². The molecule has 0 bridgehead atoms. The van der Waals surface area contributed by atoms with E-state index in [1.54, 1.807) is 0 Å². The van der Waals surface area contributed by atoms with Gasteiger partial charge in [0.25, 0.3) is 0 Å². The molecule has 1 aliphatic heterocycles. The molecule has 1 aliphatic rings. The zero-order valence-corrected chi connectivity index (χ0v) is 4.77. The van der Waals surface area contributed by atoms with Crippen molar-refractivity contribution in [1.82, 2.24) is 5.06 Å². The third-order valence-corrected chi connectivity index (χ3v) is 1.60. The highest BCUT2D eigenvalue weighted by molar-refractivity contribution is 4.91. The van der Waals surface area contributed by atoms with E-state index in [1.165, 1.54) is 0 Å². The Labute approximate surface area is 43.7 Å². The summed E-state index contributed by atoms with van der Waals surface area (Å²) in [5.41, 5.74) is -0.0417. The van der Waals surface area contributed by atoms with Gasteiger partial charge >= 0.3 is 0 Å². The first-order valence-corrected chi connectivity index (χ1v) is 2.58. The van der Waals surface area contributed by atoms with Gasteiger partial charge in [-0.3, -0.25) is 0 Å². The molecule has 0 aromatic carbocycles. The van der Waals surface area contributed by atoms with E-state index < -0.39 is 0 Å². The minimum Gasteiger partial charge on any atom is -0.785 e. The summed E-state index contributed by atoms with van der Waals surface area (Å²) >= 11 is 0. The van der Waals surface area contributed by atoms with Crippen LogP contribution < -0.4 is 0 Å². The molecule has 0 saturated carbocycles. The Balaban J connectivity index is 2.43. The van der Waals surface area contributed by atoms with E-state index in [0.29, 0.717) is 0 Å². The first kappa shape index (κ1) is 5.06. The van der Waals surface area contributed by atoms with Crippen molar-refractivity contribution in [2.24, 2.45) is 0 Å². The van der Waals surface area contributed by atoms with Gasteiger partial charge in [0.15, 0.2) is 0 Å². The molecule has 2 heteroatoms. The van der Waals surface area contributed by atoms with Crippen molar-refractivity contribution in [3.8, 4) is 0 Å². The lowest BCUT2D eigenvalue weighted by Gasteiger charge is -2.54. The molecule has 1 heterocycles. The molecule has 0 spiro atoms. The quantitative estimate of drug-likeness (QED) is 0.453. The number of rotatable bonds is 0. The minimum absolute atomic E-state index is 0.0417. The van der Waals surface area contributed by atoms with Gasteiger partial charge in [-0.15, -0.1) is 0 Å². The summed E-state index contributed by atoms with van der Waals surface area (Å²) in [7, 11) is 0. The molecule has 0 unspecified atom stereocenters. The standard InChI is InChI=1S/C5H10NO/c1-5(2)3-4-6(5)7/h3-4H2,1-2H3/q-1. The van der Waals surface area contributed by atoms with Crippen LogP contribution in [0.4, 0.5) is 0 Å². The highest BCUT2D eigenvalue weighted by Crippen LogP contribution is 2.26. The average Bonchev–Trinajstić information content (AvgIpc) is 1.63. The molecule has 0 N–H and O–H groups in total. The molecule has 0 aromatic heterocycles. The molecule has 42 valence electrons. The van der Waals surface area contributed by atoms with Crippen molar-refractivity contribution in [3.05, 3.63) is 5.21 Å². The van der Waals surface area contributed by atoms with Gasteiger partial charge in [0.2, 0.25) is 0 Å². The molecule has 0 aromatic rings. The van der Waals surface area contributed by atoms with E-state index in [1.807, 2.05) is 13.8 Å². The van der Waals surface area contributed by atoms with Crippen LogP contribution in [0.5, 0.6) is 0 Å². The summed E-state index contributed by atoms with van der Waals surface area (Å²) in [6.07, 6.45) is 1.05. The molecule has 1 rings (SSSR count). The molecule has 1 fully saturated rings. The second-order valence-corrected chi connectivity index (χ2v) is 2.66. The molecule has 2 nitrogen and oxygen atoms in total. The Kier molecular flexibility index (Phi) is 0.869. The normalized spacial score (nSPS) is 29.6. The summed E-state index contributed by atoms with van der Waals surface area (Å²) < 4.78 is 0. The number of hydrogen-bond donors (Lipinski definition) is 0. The Morgan fingerprint density at radius 3 is 2.00 bits per heavy atom. The summed E-state index contributed by atoms with van der Waals surface area (Å²) in [6, 6.07) is 0. The molecule has 0 aliphatic carbocycles. The fourth-order valence-electron chi connectivity index (χ4n) is 0.650. The molecule has 7 heavy (non-hydrogen) atoms. The molecule has 0 amide bonds. The minimum atomic E-state index is -0.0417. The first-order valence-electron chi connectivity index (χ1n) is 2.58. The highest BCUT2D eigenvalue weighted by Gasteiger charge is 2.27. The fraction of sp³-hybridized carbons (Fsp3) is 1.00. The van der Waals surface area contributed by atoms with Crippen molar-refractivity contribution in [3.63, 3.8) is 0 Å². The van der Waals surface area contributed by atoms with E-state index in [0.717, 1.165) is 18.0 Å². The third kappa shape index (κ3) is 0.640. The van der Waals surface area contributed by atoms with Gasteiger partial charge < -0.3 is 10.3 Å². The Bertz CT molecular complexity index is 80.1. The predicted octanol–water partition coefficient (Wildman–Crippen LogP) is 0.969. The lowest BCUT2D eigenvalue weighted by molar-refractivity contribution is 0.0698. The second-order valence-electron chi connectivity index (χ2n) is 2.66. The maximum absolute atomic E-state index is 10.5. The molecular formula is C5H10NO-. The molecular weight excluding hydrogens is 90.1 g/mol. The van der Waals surface area contributed by atoms with Crippen LogP contribution in [0.15, 0.2) is 0 Å². The highest BCUT2D eigenvalue weighted by atomic mass is 16.5. The topological polar surface area (TPSA) is 26.3 Å². The summed E-state index contributed by atoms with van der Waals surface area (Å²) in [6.45, 7) is 4.65. The molecule has 0 atom stereocenters. The number of hydroxylamine groups is 2. The van der Waals surface area contributed by atoms with Gasteiger partial charge in [0, 0.05) is 5.54 Å². The summed E-state index contributed by atoms with van der Waals surface area (Å²) in [5, 5.41) is 11.6. The molecule has 0 radical (unpaired) electrons. The van der Waals surface area contributed by atoms with Crippen LogP contribution >= 0.6 is 0 Å². The van der Waals surface area contributed by atoms with Gasteiger partial charge in [0.05, 0.1) is 0 Å². The smallest absolute Gasteiger partial charge is 0.00449 e. The van der Waals surface area contributed by atoms with Crippen LogP contribution in [-0.2, 0) is 0 Å².